The Bertz CT molecular complexity index is 1720. The van der Waals surface area contributed by atoms with E-state index in [0.717, 1.165) is 37.6 Å². The number of anilines is 1. The van der Waals surface area contributed by atoms with Gasteiger partial charge in [-0.25, -0.2) is 9.97 Å². The molecule has 2 amide bonds. The Balaban J connectivity index is 1.26. The molecule has 0 saturated heterocycles. The molecular weight excluding hydrogens is 597 g/mol. The number of aromatic nitrogens is 4. The standard InChI is InChI=1S/C31H38N6O3S2Si/c1-31(2,3)43(4,5)40-18-23(37-17-25(29(32)39)33-20-37)13-15-36-14-12-21-10-11-22(16-26(21)36)34-28(38)19-41-30-35-24-8-6-7-9-27(24)42-30/h6-12,14,16-17,20,23H,13,15,18-19H2,1-5H3,(H2,32,39)(H,34,38). The largest absolute Gasteiger partial charge is 0.415 e. The van der Waals surface area contributed by atoms with Crippen LogP contribution in [0.3, 0.4) is 0 Å². The molecule has 0 aliphatic rings. The average molecular weight is 635 g/mol. The number of thioether (sulfide) groups is 1. The number of hydrogen-bond donors (Lipinski definition) is 2. The predicted octanol–water partition coefficient (Wildman–Crippen LogP) is 6.93. The molecule has 1 atom stereocenters. The molecule has 3 N–H and O–H groups in total. The zero-order valence-electron chi connectivity index (χ0n) is 25.2. The van der Waals surface area contributed by atoms with Gasteiger partial charge in [-0.2, -0.15) is 0 Å². The van der Waals surface area contributed by atoms with Crippen molar-refractivity contribution >= 4 is 70.0 Å². The Morgan fingerprint density at radius 1 is 1.16 bits per heavy atom. The van der Waals surface area contributed by atoms with Crippen LogP contribution in [0.25, 0.3) is 21.1 Å². The minimum Gasteiger partial charge on any atom is -0.415 e. The van der Waals surface area contributed by atoms with Crippen molar-refractivity contribution < 1.29 is 14.0 Å². The Morgan fingerprint density at radius 3 is 2.67 bits per heavy atom. The molecule has 1 unspecified atom stereocenters. The van der Waals surface area contributed by atoms with Gasteiger partial charge in [-0.15, -0.1) is 11.3 Å². The molecule has 9 nitrogen and oxygen atoms in total. The van der Waals surface area contributed by atoms with Gasteiger partial charge in [-0.05, 0) is 60.3 Å². The maximum absolute atomic E-state index is 12.8. The number of nitrogens with zero attached hydrogens (tertiary/aromatic N) is 4. The van der Waals surface area contributed by atoms with E-state index in [1.807, 2.05) is 47.0 Å². The molecule has 3 heterocycles. The lowest BCUT2D eigenvalue weighted by atomic mass is 10.2. The van der Waals surface area contributed by atoms with Gasteiger partial charge in [0.05, 0.1) is 40.5 Å². The molecule has 226 valence electrons. The van der Waals surface area contributed by atoms with Crippen LogP contribution in [0.4, 0.5) is 5.69 Å². The number of carbonyl (C=O) groups excluding carboxylic acids is 2. The van der Waals surface area contributed by atoms with Crippen molar-refractivity contribution in [3.63, 3.8) is 0 Å². The van der Waals surface area contributed by atoms with Gasteiger partial charge >= 0.3 is 0 Å². The first-order valence-corrected chi connectivity index (χ1v) is 18.9. The summed E-state index contributed by atoms with van der Waals surface area (Å²) >= 11 is 3.05. The van der Waals surface area contributed by atoms with Crippen LogP contribution in [0.5, 0.6) is 0 Å². The summed E-state index contributed by atoms with van der Waals surface area (Å²) in [4.78, 5) is 33.3. The normalized spacial score (nSPS) is 13.0. The first-order chi connectivity index (χ1) is 20.4. The highest BCUT2D eigenvalue weighted by molar-refractivity contribution is 8.01. The molecule has 0 aliphatic carbocycles. The van der Waals surface area contributed by atoms with Crippen LogP contribution in [0.15, 0.2) is 71.6 Å². The van der Waals surface area contributed by atoms with Crippen molar-refractivity contribution in [3.05, 3.63) is 72.9 Å². The van der Waals surface area contributed by atoms with E-state index in [1.54, 1.807) is 23.9 Å². The van der Waals surface area contributed by atoms with E-state index >= 15 is 0 Å². The fourth-order valence-corrected chi connectivity index (χ4v) is 7.40. The lowest BCUT2D eigenvalue weighted by molar-refractivity contribution is -0.113. The van der Waals surface area contributed by atoms with Crippen molar-refractivity contribution in [2.75, 3.05) is 17.7 Å². The molecule has 12 heteroatoms. The van der Waals surface area contributed by atoms with Gasteiger partial charge < -0.3 is 24.6 Å². The summed E-state index contributed by atoms with van der Waals surface area (Å²) < 4.78 is 12.7. The SMILES string of the molecule is CC(C)(C)[Si](C)(C)OCC(CCn1ccc2ccc(NC(=O)CSc3nc4ccccc4s3)cc21)n1cnc(C(N)=O)c1. The molecule has 5 aromatic rings. The second-order valence-electron chi connectivity index (χ2n) is 12.2. The number of aryl methyl sites for hydroxylation is 1. The molecule has 3 aromatic heterocycles. The summed E-state index contributed by atoms with van der Waals surface area (Å²) in [5.74, 6) is -0.338. The maximum Gasteiger partial charge on any atom is 0.268 e. The molecule has 0 bridgehead atoms. The number of carbonyl (C=O) groups is 2. The van der Waals surface area contributed by atoms with Crippen LogP contribution in [0, 0.1) is 0 Å². The maximum atomic E-state index is 12.8. The van der Waals surface area contributed by atoms with Crippen molar-refractivity contribution in [1.82, 2.24) is 19.1 Å². The number of para-hydroxylation sites is 1. The third kappa shape index (κ3) is 7.38. The van der Waals surface area contributed by atoms with E-state index in [0.29, 0.717) is 13.2 Å². The van der Waals surface area contributed by atoms with Crippen molar-refractivity contribution in [3.8, 4) is 0 Å². The van der Waals surface area contributed by atoms with Crippen LogP contribution in [0.1, 0.15) is 43.7 Å². The topological polar surface area (TPSA) is 117 Å². The molecule has 0 saturated carbocycles. The van der Waals surface area contributed by atoms with E-state index < -0.39 is 14.2 Å². The number of benzene rings is 2. The highest BCUT2D eigenvalue weighted by Crippen LogP contribution is 2.37. The average Bonchev–Trinajstić information content (AvgIpc) is 3.70. The van der Waals surface area contributed by atoms with Gasteiger partial charge in [-0.3, -0.25) is 9.59 Å². The lowest BCUT2D eigenvalue weighted by Crippen LogP contribution is -2.42. The minimum absolute atomic E-state index is 0.0328. The van der Waals surface area contributed by atoms with Gasteiger partial charge in [0.15, 0.2) is 12.7 Å². The number of primary amides is 1. The van der Waals surface area contributed by atoms with Crippen molar-refractivity contribution in [1.29, 1.82) is 0 Å². The second kappa shape index (κ2) is 12.6. The molecule has 0 spiro atoms. The first-order valence-electron chi connectivity index (χ1n) is 14.2. The Labute approximate surface area is 261 Å². The summed E-state index contributed by atoms with van der Waals surface area (Å²) in [6.07, 6.45) is 6.18. The number of amides is 2. The van der Waals surface area contributed by atoms with Gasteiger partial charge in [-0.1, -0.05) is 50.7 Å². The molecule has 5 rings (SSSR count). The van der Waals surface area contributed by atoms with E-state index in [1.165, 1.54) is 11.8 Å². The van der Waals surface area contributed by atoms with Crippen molar-refractivity contribution in [2.24, 2.45) is 5.73 Å². The van der Waals surface area contributed by atoms with E-state index in [-0.39, 0.29) is 28.4 Å². The van der Waals surface area contributed by atoms with Gasteiger partial charge in [0, 0.05) is 24.6 Å². The number of imidazole rings is 1. The molecule has 2 aromatic carbocycles. The fraction of sp³-hybridized carbons (Fsp3) is 0.355. The third-order valence-electron chi connectivity index (χ3n) is 8.08. The Morgan fingerprint density at radius 2 is 1.95 bits per heavy atom. The number of fused-ring (bicyclic) bond motifs is 2. The van der Waals surface area contributed by atoms with Crippen molar-refractivity contribution in [2.45, 2.75) is 62.3 Å². The molecule has 0 radical (unpaired) electrons. The number of thiazole rings is 1. The third-order valence-corrected chi connectivity index (χ3v) is 14.8. The second-order valence-corrected chi connectivity index (χ2v) is 19.2. The van der Waals surface area contributed by atoms with Crippen LogP contribution >= 0.6 is 23.1 Å². The summed E-state index contributed by atoms with van der Waals surface area (Å²) in [6.45, 7) is 12.4. The summed E-state index contributed by atoms with van der Waals surface area (Å²) in [6, 6.07) is 16.0. The number of nitrogens with two attached hydrogens (primary N) is 1. The van der Waals surface area contributed by atoms with Crippen LogP contribution in [-0.2, 0) is 15.8 Å². The van der Waals surface area contributed by atoms with E-state index in [2.05, 4.69) is 66.0 Å². The first kappa shape index (κ1) is 31.0. The zero-order chi connectivity index (χ0) is 30.8. The minimum atomic E-state index is -1.99. The number of hydrogen-bond acceptors (Lipinski definition) is 7. The summed E-state index contributed by atoms with van der Waals surface area (Å²) in [5, 5.41) is 4.21. The Kier molecular flexibility index (Phi) is 9.11. The number of nitrogens with one attached hydrogen (secondary N) is 1. The van der Waals surface area contributed by atoms with Crippen LogP contribution in [0.2, 0.25) is 18.1 Å². The van der Waals surface area contributed by atoms with E-state index in [9.17, 15) is 9.59 Å². The lowest BCUT2D eigenvalue weighted by Gasteiger charge is -2.37. The Hall–Kier alpha value is -3.45. The summed E-state index contributed by atoms with van der Waals surface area (Å²) in [7, 11) is -1.99. The zero-order valence-corrected chi connectivity index (χ0v) is 27.8. The smallest absolute Gasteiger partial charge is 0.268 e. The summed E-state index contributed by atoms with van der Waals surface area (Å²) in [5.41, 5.74) is 8.46. The molecule has 0 fully saturated rings. The number of rotatable bonds is 12. The van der Waals surface area contributed by atoms with Gasteiger partial charge in [0.25, 0.3) is 5.91 Å². The van der Waals surface area contributed by atoms with Gasteiger partial charge in [0.1, 0.15) is 5.69 Å². The van der Waals surface area contributed by atoms with Gasteiger partial charge in [0.2, 0.25) is 5.91 Å². The molecule has 0 aliphatic heterocycles. The molecule has 43 heavy (non-hydrogen) atoms. The van der Waals surface area contributed by atoms with Crippen LogP contribution < -0.4 is 11.1 Å². The predicted molar refractivity (Wildman–Crippen MR) is 178 cm³/mol. The monoisotopic (exact) mass is 634 g/mol. The highest BCUT2D eigenvalue weighted by Gasteiger charge is 2.37. The van der Waals surface area contributed by atoms with E-state index in [4.69, 9.17) is 10.2 Å². The highest BCUT2D eigenvalue weighted by atomic mass is 32.2. The fourth-order valence-electron chi connectivity index (χ4n) is 4.49. The quantitative estimate of drug-likeness (QED) is 0.114. The molecular formula is C31H38N6O3S2Si. The van der Waals surface area contributed by atoms with Crippen LogP contribution in [-0.4, -0.2) is 51.6 Å².